The number of hydrogen-bond acceptors (Lipinski definition) is 3. The molecule has 3 aromatic carbocycles. The van der Waals surface area contributed by atoms with Crippen molar-refractivity contribution in [2.24, 2.45) is 0 Å². The molecule has 0 saturated heterocycles. The van der Waals surface area contributed by atoms with Crippen molar-refractivity contribution in [1.29, 1.82) is 0 Å². The standard InChI is InChI=1S/C21H18F2N2OS/c1-25(2)21(26)14-8-10-16(11-9-14)27-18-13-12-17(19(22)20(18)23)24-15-6-4-3-5-7-15/h3-13,24H,1-2H3. The van der Waals surface area contributed by atoms with Gasteiger partial charge in [0.05, 0.1) is 10.6 Å². The van der Waals surface area contributed by atoms with Crippen LogP contribution in [0.5, 0.6) is 0 Å². The summed E-state index contributed by atoms with van der Waals surface area (Å²) in [6.45, 7) is 0. The van der Waals surface area contributed by atoms with Gasteiger partial charge < -0.3 is 10.2 Å². The lowest BCUT2D eigenvalue weighted by molar-refractivity contribution is 0.0827. The molecule has 0 atom stereocenters. The first-order valence-electron chi connectivity index (χ1n) is 8.25. The van der Waals surface area contributed by atoms with Crippen molar-refractivity contribution in [2.75, 3.05) is 19.4 Å². The van der Waals surface area contributed by atoms with Crippen LogP contribution < -0.4 is 5.32 Å². The van der Waals surface area contributed by atoms with Crippen molar-refractivity contribution in [3.8, 4) is 0 Å². The molecule has 6 heteroatoms. The van der Waals surface area contributed by atoms with E-state index in [2.05, 4.69) is 5.32 Å². The second kappa shape index (κ2) is 8.22. The molecule has 1 N–H and O–H groups in total. The van der Waals surface area contributed by atoms with E-state index in [1.807, 2.05) is 18.2 Å². The summed E-state index contributed by atoms with van der Waals surface area (Å²) in [5, 5.41) is 2.87. The average molecular weight is 384 g/mol. The van der Waals surface area contributed by atoms with Gasteiger partial charge in [-0.3, -0.25) is 4.79 Å². The minimum atomic E-state index is -0.928. The zero-order valence-corrected chi connectivity index (χ0v) is 15.7. The van der Waals surface area contributed by atoms with Gasteiger partial charge in [-0.2, -0.15) is 0 Å². The highest BCUT2D eigenvalue weighted by Crippen LogP contribution is 2.34. The molecule has 0 aromatic heterocycles. The van der Waals surface area contributed by atoms with Crippen LogP contribution >= 0.6 is 11.8 Å². The Kier molecular flexibility index (Phi) is 5.76. The fourth-order valence-electron chi connectivity index (χ4n) is 2.43. The smallest absolute Gasteiger partial charge is 0.253 e. The summed E-state index contributed by atoms with van der Waals surface area (Å²) in [6, 6.07) is 18.8. The minimum absolute atomic E-state index is 0.0787. The largest absolute Gasteiger partial charge is 0.353 e. The molecule has 0 radical (unpaired) electrons. The molecular formula is C21H18F2N2OS. The highest BCUT2D eigenvalue weighted by molar-refractivity contribution is 7.99. The molecule has 0 aliphatic heterocycles. The highest BCUT2D eigenvalue weighted by atomic mass is 32.2. The number of nitrogens with one attached hydrogen (secondary N) is 1. The van der Waals surface area contributed by atoms with Crippen LogP contribution in [-0.2, 0) is 0 Å². The van der Waals surface area contributed by atoms with Crippen LogP contribution in [0.15, 0.2) is 76.5 Å². The van der Waals surface area contributed by atoms with Crippen LogP contribution in [0, 0.1) is 11.6 Å². The normalized spacial score (nSPS) is 10.5. The van der Waals surface area contributed by atoms with Crippen LogP contribution in [0.3, 0.4) is 0 Å². The third-order valence-corrected chi connectivity index (χ3v) is 4.88. The summed E-state index contributed by atoms with van der Waals surface area (Å²) in [5.41, 5.74) is 1.30. The number of para-hydroxylation sites is 1. The zero-order chi connectivity index (χ0) is 19.4. The SMILES string of the molecule is CN(C)C(=O)c1ccc(Sc2ccc(Nc3ccccc3)c(F)c2F)cc1. The number of carbonyl (C=O) groups is 1. The molecule has 0 bridgehead atoms. The summed E-state index contributed by atoms with van der Waals surface area (Å²) in [7, 11) is 3.35. The maximum Gasteiger partial charge on any atom is 0.253 e. The van der Waals surface area contributed by atoms with Crippen molar-refractivity contribution in [3.05, 3.63) is 83.9 Å². The number of hydrogen-bond donors (Lipinski definition) is 1. The van der Waals surface area contributed by atoms with Crippen molar-refractivity contribution < 1.29 is 13.6 Å². The number of benzene rings is 3. The lowest BCUT2D eigenvalue weighted by atomic mass is 10.2. The van der Waals surface area contributed by atoms with Crippen LogP contribution in [0.2, 0.25) is 0 Å². The van der Waals surface area contributed by atoms with E-state index in [-0.39, 0.29) is 16.5 Å². The molecule has 0 aliphatic rings. The summed E-state index contributed by atoms with van der Waals surface area (Å²) in [6.07, 6.45) is 0. The van der Waals surface area contributed by atoms with Crippen LogP contribution in [0.25, 0.3) is 0 Å². The first kappa shape index (κ1) is 18.9. The number of rotatable bonds is 5. The predicted octanol–water partition coefficient (Wildman–Crippen LogP) is 5.56. The van der Waals surface area contributed by atoms with Gasteiger partial charge in [0.2, 0.25) is 0 Å². The van der Waals surface area contributed by atoms with Crippen LogP contribution in [0.1, 0.15) is 10.4 Å². The molecule has 0 saturated carbocycles. The number of halogens is 2. The van der Waals surface area contributed by atoms with Crippen LogP contribution in [0.4, 0.5) is 20.2 Å². The second-order valence-corrected chi connectivity index (χ2v) is 7.17. The van der Waals surface area contributed by atoms with Gasteiger partial charge >= 0.3 is 0 Å². The molecule has 0 unspecified atom stereocenters. The highest BCUT2D eigenvalue weighted by Gasteiger charge is 2.15. The number of carbonyl (C=O) groups excluding carboxylic acids is 1. The molecule has 0 spiro atoms. The Hall–Kier alpha value is -2.86. The number of amides is 1. The summed E-state index contributed by atoms with van der Waals surface area (Å²) in [4.78, 5) is 14.3. The second-order valence-electron chi connectivity index (χ2n) is 6.06. The van der Waals surface area contributed by atoms with Crippen molar-refractivity contribution >= 4 is 29.0 Å². The Morgan fingerprint density at radius 1 is 0.889 bits per heavy atom. The van der Waals surface area contributed by atoms with E-state index in [9.17, 15) is 13.6 Å². The average Bonchev–Trinajstić information content (AvgIpc) is 2.68. The molecule has 138 valence electrons. The number of nitrogens with zero attached hydrogens (tertiary/aromatic N) is 1. The molecule has 3 nitrogen and oxygen atoms in total. The third kappa shape index (κ3) is 4.46. The Morgan fingerprint density at radius 2 is 1.56 bits per heavy atom. The topological polar surface area (TPSA) is 32.3 Å². The molecular weight excluding hydrogens is 366 g/mol. The first-order valence-corrected chi connectivity index (χ1v) is 9.07. The third-order valence-electron chi connectivity index (χ3n) is 3.83. The molecule has 1 amide bonds. The monoisotopic (exact) mass is 384 g/mol. The van der Waals surface area contributed by atoms with Gasteiger partial charge in [-0.15, -0.1) is 0 Å². The lowest BCUT2D eigenvalue weighted by Crippen LogP contribution is -2.21. The molecule has 0 heterocycles. The van der Waals surface area contributed by atoms with Gasteiger partial charge in [0, 0.05) is 30.2 Å². The Balaban J connectivity index is 1.78. The molecule has 0 fully saturated rings. The van der Waals surface area contributed by atoms with E-state index in [0.29, 0.717) is 16.1 Å². The van der Waals surface area contributed by atoms with Crippen LogP contribution in [-0.4, -0.2) is 24.9 Å². The Bertz CT molecular complexity index is 944. The van der Waals surface area contributed by atoms with E-state index in [1.165, 1.54) is 17.0 Å². The molecule has 27 heavy (non-hydrogen) atoms. The maximum absolute atomic E-state index is 14.5. The molecule has 3 aromatic rings. The summed E-state index contributed by atoms with van der Waals surface area (Å²) < 4.78 is 28.9. The van der Waals surface area contributed by atoms with Crippen molar-refractivity contribution in [2.45, 2.75) is 9.79 Å². The summed E-state index contributed by atoms with van der Waals surface area (Å²) in [5.74, 6) is -1.95. The summed E-state index contributed by atoms with van der Waals surface area (Å²) >= 11 is 1.10. The quantitative estimate of drug-likeness (QED) is 0.625. The van der Waals surface area contributed by atoms with E-state index in [1.54, 1.807) is 50.5 Å². The fraction of sp³-hybridized carbons (Fsp3) is 0.0952. The van der Waals surface area contributed by atoms with E-state index in [4.69, 9.17) is 0 Å². The van der Waals surface area contributed by atoms with Gasteiger partial charge in [0.15, 0.2) is 11.6 Å². The minimum Gasteiger partial charge on any atom is -0.353 e. The predicted molar refractivity (Wildman–Crippen MR) is 105 cm³/mol. The van der Waals surface area contributed by atoms with E-state index in [0.717, 1.165) is 11.8 Å². The van der Waals surface area contributed by atoms with Gasteiger partial charge in [-0.25, -0.2) is 8.78 Å². The lowest BCUT2D eigenvalue weighted by Gasteiger charge is -2.12. The number of anilines is 2. The van der Waals surface area contributed by atoms with Crippen molar-refractivity contribution in [1.82, 2.24) is 4.90 Å². The zero-order valence-electron chi connectivity index (χ0n) is 14.9. The molecule has 3 rings (SSSR count). The van der Waals surface area contributed by atoms with E-state index >= 15 is 0 Å². The Labute approximate surface area is 161 Å². The van der Waals surface area contributed by atoms with Gasteiger partial charge in [-0.1, -0.05) is 30.0 Å². The molecule has 0 aliphatic carbocycles. The van der Waals surface area contributed by atoms with E-state index < -0.39 is 11.6 Å². The Morgan fingerprint density at radius 3 is 2.19 bits per heavy atom. The van der Waals surface area contributed by atoms with Gasteiger partial charge in [0.25, 0.3) is 5.91 Å². The fourth-order valence-corrected chi connectivity index (χ4v) is 3.28. The van der Waals surface area contributed by atoms with Gasteiger partial charge in [-0.05, 0) is 48.5 Å². The first-order chi connectivity index (χ1) is 13.0. The van der Waals surface area contributed by atoms with Crippen molar-refractivity contribution in [3.63, 3.8) is 0 Å². The van der Waals surface area contributed by atoms with Gasteiger partial charge in [0.1, 0.15) is 0 Å². The maximum atomic E-state index is 14.5.